The number of rotatable bonds is 5. The molecule has 19 heavy (non-hydrogen) atoms. The van der Waals surface area contributed by atoms with E-state index >= 15 is 0 Å². The summed E-state index contributed by atoms with van der Waals surface area (Å²) in [7, 11) is 0. The van der Waals surface area contributed by atoms with Crippen molar-refractivity contribution in [3.63, 3.8) is 0 Å². The van der Waals surface area contributed by atoms with Crippen LogP contribution in [0, 0.1) is 5.41 Å². The molecule has 2 unspecified atom stereocenters. The second-order valence-electron chi connectivity index (χ2n) is 5.98. The summed E-state index contributed by atoms with van der Waals surface area (Å²) in [5, 5.41) is 3.72. The number of hydrogen-bond acceptors (Lipinski definition) is 3. The number of nitrogens with zero attached hydrogens (tertiary/aromatic N) is 1. The Morgan fingerprint density at radius 1 is 1.42 bits per heavy atom. The molecule has 1 spiro atoms. The van der Waals surface area contributed by atoms with Crippen LogP contribution < -0.4 is 5.32 Å². The van der Waals surface area contributed by atoms with Gasteiger partial charge in [0.1, 0.15) is 0 Å². The van der Waals surface area contributed by atoms with Crippen LogP contribution in [-0.4, -0.2) is 28.7 Å². The molecule has 1 heterocycles. The molecule has 0 aromatic carbocycles. The van der Waals surface area contributed by atoms with E-state index in [4.69, 9.17) is 4.74 Å². The SMILES string of the molecule is CCOC1CC(NCc2cnc[nH]2)C12CCCCC2. The first-order chi connectivity index (χ1) is 9.35. The minimum atomic E-state index is 0.411. The van der Waals surface area contributed by atoms with Crippen LogP contribution in [0.2, 0.25) is 0 Å². The zero-order chi connectivity index (χ0) is 13.1. The summed E-state index contributed by atoms with van der Waals surface area (Å²) in [5.74, 6) is 0. The number of ether oxygens (including phenoxy) is 1. The molecular weight excluding hydrogens is 238 g/mol. The fraction of sp³-hybridized carbons (Fsp3) is 0.800. The van der Waals surface area contributed by atoms with Crippen LogP contribution in [0.4, 0.5) is 0 Å². The highest BCUT2D eigenvalue weighted by Gasteiger charge is 2.55. The van der Waals surface area contributed by atoms with E-state index in [-0.39, 0.29) is 0 Å². The van der Waals surface area contributed by atoms with Gasteiger partial charge in [-0.05, 0) is 26.2 Å². The van der Waals surface area contributed by atoms with Crippen molar-refractivity contribution in [1.29, 1.82) is 0 Å². The molecule has 106 valence electrons. The predicted octanol–water partition coefficient (Wildman–Crippen LogP) is 2.63. The van der Waals surface area contributed by atoms with Gasteiger partial charge in [0, 0.05) is 36.5 Å². The Bertz CT molecular complexity index is 384. The molecule has 2 N–H and O–H groups in total. The Morgan fingerprint density at radius 2 is 2.26 bits per heavy atom. The topological polar surface area (TPSA) is 49.9 Å². The van der Waals surface area contributed by atoms with Gasteiger partial charge in [0.25, 0.3) is 0 Å². The van der Waals surface area contributed by atoms with Gasteiger partial charge in [-0.1, -0.05) is 19.3 Å². The summed E-state index contributed by atoms with van der Waals surface area (Å²) in [6.45, 7) is 3.85. The second-order valence-corrected chi connectivity index (χ2v) is 5.98. The fourth-order valence-electron chi connectivity index (χ4n) is 3.96. The van der Waals surface area contributed by atoms with Crippen molar-refractivity contribution in [2.75, 3.05) is 6.61 Å². The molecule has 0 bridgehead atoms. The normalized spacial score (nSPS) is 29.3. The molecule has 0 aliphatic heterocycles. The number of nitrogens with one attached hydrogen (secondary N) is 2. The highest BCUT2D eigenvalue weighted by Crippen LogP contribution is 2.53. The average Bonchev–Trinajstić information content (AvgIpc) is 2.96. The number of H-pyrrole nitrogens is 1. The second kappa shape index (κ2) is 5.63. The van der Waals surface area contributed by atoms with E-state index in [1.807, 2.05) is 6.20 Å². The van der Waals surface area contributed by atoms with Crippen LogP contribution in [0.3, 0.4) is 0 Å². The maximum atomic E-state index is 5.98. The van der Waals surface area contributed by atoms with Crippen molar-refractivity contribution >= 4 is 0 Å². The maximum Gasteiger partial charge on any atom is 0.0922 e. The first-order valence-corrected chi connectivity index (χ1v) is 7.67. The molecule has 2 fully saturated rings. The molecule has 4 nitrogen and oxygen atoms in total. The van der Waals surface area contributed by atoms with Gasteiger partial charge < -0.3 is 15.0 Å². The minimum Gasteiger partial charge on any atom is -0.378 e. The lowest BCUT2D eigenvalue weighted by Gasteiger charge is -2.58. The van der Waals surface area contributed by atoms with Crippen molar-refractivity contribution in [1.82, 2.24) is 15.3 Å². The number of aromatic nitrogens is 2. The first-order valence-electron chi connectivity index (χ1n) is 7.67. The summed E-state index contributed by atoms with van der Waals surface area (Å²) in [6, 6.07) is 0.618. The Hall–Kier alpha value is -0.870. The molecule has 2 aliphatic rings. The zero-order valence-corrected chi connectivity index (χ0v) is 11.8. The average molecular weight is 263 g/mol. The standard InChI is InChI=1S/C15H25N3O/c1-2-19-14-8-13(15(14)6-4-3-5-7-15)17-10-12-9-16-11-18-12/h9,11,13-14,17H,2-8,10H2,1H3,(H,16,18). The van der Waals surface area contributed by atoms with Gasteiger partial charge in [0.2, 0.25) is 0 Å². The molecule has 2 saturated carbocycles. The molecule has 4 heteroatoms. The quantitative estimate of drug-likeness (QED) is 0.858. The van der Waals surface area contributed by atoms with Crippen LogP contribution in [0.15, 0.2) is 12.5 Å². The lowest BCUT2D eigenvalue weighted by atomic mass is 9.55. The van der Waals surface area contributed by atoms with Gasteiger partial charge in [0.05, 0.1) is 12.4 Å². The maximum absolute atomic E-state index is 5.98. The minimum absolute atomic E-state index is 0.411. The zero-order valence-electron chi connectivity index (χ0n) is 11.8. The summed E-state index contributed by atoms with van der Waals surface area (Å²) >= 11 is 0. The van der Waals surface area contributed by atoms with Crippen molar-refractivity contribution in [2.45, 2.75) is 64.1 Å². The molecular formula is C15H25N3O. The van der Waals surface area contributed by atoms with E-state index in [9.17, 15) is 0 Å². The summed E-state index contributed by atoms with van der Waals surface area (Å²) in [6.07, 6.45) is 12.1. The first kappa shape index (κ1) is 13.1. The highest BCUT2D eigenvalue weighted by molar-refractivity contribution is 5.09. The van der Waals surface area contributed by atoms with Crippen LogP contribution in [0.25, 0.3) is 0 Å². The lowest BCUT2D eigenvalue weighted by Crippen LogP contribution is -2.64. The highest BCUT2D eigenvalue weighted by atomic mass is 16.5. The van der Waals surface area contributed by atoms with Crippen molar-refractivity contribution < 1.29 is 4.74 Å². The molecule has 2 aliphatic carbocycles. The summed E-state index contributed by atoms with van der Waals surface area (Å²) in [5.41, 5.74) is 1.58. The van der Waals surface area contributed by atoms with Crippen LogP contribution in [-0.2, 0) is 11.3 Å². The van der Waals surface area contributed by atoms with E-state index in [1.165, 1.54) is 44.2 Å². The third kappa shape index (κ3) is 2.43. The summed E-state index contributed by atoms with van der Waals surface area (Å²) in [4.78, 5) is 7.24. The van der Waals surface area contributed by atoms with Gasteiger partial charge in [0.15, 0.2) is 0 Å². The molecule has 2 atom stereocenters. The Labute approximate surface area is 115 Å². The molecule has 3 rings (SSSR count). The number of aromatic amines is 1. The van der Waals surface area contributed by atoms with Crippen LogP contribution in [0.1, 0.15) is 51.1 Å². The van der Waals surface area contributed by atoms with E-state index in [1.54, 1.807) is 6.33 Å². The molecule has 1 aromatic rings. The van der Waals surface area contributed by atoms with Crippen LogP contribution >= 0.6 is 0 Å². The van der Waals surface area contributed by atoms with Gasteiger partial charge in [-0.15, -0.1) is 0 Å². The Balaban J connectivity index is 1.61. The monoisotopic (exact) mass is 263 g/mol. The van der Waals surface area contributed by atoms with Crippen molar-refractivity contribution in [2.24, 2.45) is 5.41 Å². The van der Waals surface area contributed by atoms with E-state index in [0.717, 1.165) is 13.2 Å². The lowest BCUT2D eigenvalue weighted by molar-refractivity contribution is -0.150. The third-order valence-electron chi connectivity index (χ3n) is 5.03. The summed E-state index contributed by atoms with van der Waals surface area (Å²) < 4.78 is 5.98. The van der Waals surface area contributed by atoms with Crippen LogP contribution in [0.5, 0.6) is 0 Å². The largest absolute Gasteiger partial charge is 0.378 e. The number of imidazole rings is 1. The molecule has 0 saturated heterocycles. The van der Waals surface area contributed by atoms with Crippen molar-refractivity contribution in [3.05, 3.63) is 18.2 Å². The Morgan fingerprint density at radius 3 is 2.95 bits per heavy atom. The third-order valence-corrected chi connectivity index (χ3v) is 5.03. The Kier molecular flexibility index (Phi) is 3.89. The van der Waals surface area contributed by atoms with Gasteiger partial charge in [-0.2, -0.15) is 0 Å². The van der Waals surface area contributed by atoms with E-state index in [0.29, 0.717) is 17.6 Å². The van der Waals surface area contributed by atoms with E-state index in [2.05, 4.69) is 22.2 Å². The smallest absolute Gasteiger partial charge is 0.0922 e. The number of hydrogen-bond donors (Lipinski definition) is 2. The van der Waals surface area contributed by atoms with Gasteiger partial charge >= 0.3 is 0 Å². The van der Waals surface area contributed by atoms with Crippen molar-refractivity contribution in [3.8, 4) is 0 Å². The van der Waals surface area contributed by atoms with Gasteiger partial charge in [-0.25, -0.2) is 4.98 Å². The predicted molar refractivity (Wildman–Crippen MR) is 74.8 cm³/mol. The van der Waals surface area contributed by atoms with E-state index < -0.39 is 0 Å². The molecule has 1 aromatic heterocycles. The molecule has 0 radical (unpaired) electrons. The van der Waals surface area contributed by atoms with Gasteiger partial charge in [-0.3, -0.25) is 0 Å². The fourth-order valence-corrected chi connectivity index (χ4v) is 3.96. The molecule has 0 amide bonds.